The molecular formula is C25H50. The highest BCUT2D eigenvalue weighted by molar-refractivity contribution is 4.81. The standard InChI is InChI=1S/C25H50/c1-5-8-10-12-13-14-15-16-17-18-19-21-23-25(24(4)7-3)22-20-11-9-6-2/h16-17,24-25H,5-15,18-23H2,1-4H3. The topological polar surface area (TPSA) is 0 Å². The Morgan fingerprint density at radius 3 is 1.56 bits per heavy atom. The van der Waals surface area contributed by atoms with Crippen molar-refractivity contribution in [3.05, 3.63) is 12.2 Å². The van der Waals surface area contributed by atoms with Crippen LogP contribution in [0, 0.1) is 11.8 Å². The molecule has 0 heteroatoms. The molecule has 0 radical (unpaired) electrons. The fourth-order valence-electron chi connectivity index (χ4n) is 3.83. The summed E-state index contributed by atoms with van der Waals surface area (Å²) >= 11 is 0. The minimum absolute atomic E-state index is 0.921. The molecule has 0 nitrogen and oxygen atoms in total. The molecule has 150 valence electrons. The molecule has 0 aliphatic rings. The highest BCUT2D eigenvalue weighted by Crippen LogP contribution is 2.27. The van der Waals surface area contributed by atoms with Gasteiger partial charge in [0, 0.05) is 0 Å². The Balaban J connectivity index is 3.61. The van der Waals surface area contributed by atoms with E-state index in [9.17, 15) is 0 Å². The van der Waals surface area contributed by atoms with Crippen molar-refractivity contribution in [3.8, 4) is 0 Å². The van der Waals surface area contributed by atoms with Crippen LogP contribution >= 0.6 is 0 Å². The fraction of sp³-hybridized carbons (Fsp3) is 0.920. The van der Waals surface area contributed by atoms with Crippen LogP contribution in [0.5, 0.6) is 0 Å². The van der Waals surface area contributed by atoms with Crippen LogP contribution in [-0.2, 0) is 0 Å². The van der Waals surface area contributed by atoms with Gasteiger partial charge >= 0.3 is 0 Å². The lowest BCUT2D eigenvalue weighted by atomic mass is 9.83. The van der Waals surface area contributed by atoms with E-state index in [4.69, 9.17) is 0 Å². The third-order valence-electron chi connectivity index (χ3n) is 5.96. The van der Waals surface area contributed by atoms with Crippen LogP contribution in [0.3, 0.4) is 0 Å². The molecule has 0 N–H and O–H groups in total. The maximum Gasteiger partial charge on any atom is -0.0351 e. The molecule has 2 unspecified atom stereocenters. The van der Waals surface area contributed by atoms with E-state index in [1.807, 2.05) is 0 Å². The second kappa shape index (κ2) is 20.1. The van der Waals surface area contributed by atoms with Crippen LogP contribution in [0.4, 0.5) is 0 Å². The molecular weight excluding hydrogens is 300 g/mol. The van der Waals surface area contributed by atoms with Crippen molar-refractivity contribution in [2.24, 2.45) is 11.8 Å². The normalized spacial score (nSPS) is 14.2. The Morgan fingerprint density at radius 2 is 1.00 bits per heavy atom. The van der Waals surface area contributed by atoms with Crippen LogP contribution < -0.4 is 0 Å². The largest absolute Gasteiger partial charge is 0.0885 e. The summed E-state index contributed by atoms with van der Waals surface area (Å²) in [4.78, 5) is 0. The first-order valence-electron chi connectivity index (χ1n) is 11.9. The van der Waals surface area contributed by atoms with Gasteiger partial charge in [0.1, 0.15) is 0 Å². The number of allylic oxidation sites excluding steroid dienone is 2. The highest BCUT2D eigenvalue weighted by Gasteiger charge is 2.14. The van der Waals surface area contributed by atoms with Gasteiger partial charge < -0.3 is 0 Å². The SMILES string of the molecule is CCCCCCCCC=CCCCCC(CCCCCC)C(C)CC. The lowest BCUT2D eigenvalue weighted by molar-refractivity contribution is 0.290. The summed E-state index contributed by atoms with van der Waals surface area (Å²) in [6, 6.07) is 0. The van der Waals surface area contributed by atoms with E-state index < -0.39 is 0 Å². The highest BCUT2D eigenvalue weighted by atomic mass is 14.2. The average Bonchev–Trinajstić information content (AvgIpc) is 2.63. The van der Waals surface area contributed by atoms with Crippen LogP contribution in [-0.4, -0.2) is 0 Å². The molecule has 0 heterocycles. The molecule has 0 aromatic carbocycles. The Bertz CT molecular complexity index is 265. The molecule has 0 aliphatic carbocycles. The van der Waals surface area contributed by atoms with Gasteiger partial charge in [0.25, 0.3) is 0 Å². The molecule has 0 aromatic heterocycles. The summed E-state index contributed by atoms with van der Waals surface area (Å²) in [5, 5.41) is 0. The minimum Gasteiger partial charge on any atom is -0.0885 e. The quantitative estimate of drug-likeness (QED) is 0.161. The molecule has 0 aliphatic heterocycles. The van der Waals surface area contributed by atoms with E-state index in [1.54, 1.807) is 0 Å². The van der Waals surface area contributed by atoms with Crippen molar-refractivity contribution in [1.82, 2.24) is 0 Å². The summed E-state index contributed by atoms with van der Waals surface area (Å²) in [5.41, 5.74) is 0. The number of hydrogen-bond donors (Lipinski definition) is 0. The third kappa shape index (κ3) is 16.9. The smallest absolute Gasteiger partial charge is 0.0351 e. The first-order valence-corrected chi connectivity index (χ1v) is 11.9. The molecule has 2 atom stereocenters. The van der Waals surface area contributed by atoms with E-state index in [-0.39, 0.29) is 0 Å². The number of hydrogen-bond acceptors (Lipinski definition) is 0. The molecule has 0 saturated carbocycles. The maximum absolute atomic E-state index is 2.48. The lowest BCUT2D eigenvalue weighted by Crippen LogP contribution is -2.11. The van der Waals surface area contributed by atoms with E-state index >= 15 is 0 Å². The zero-order valence-electron chi connectivity index (χ0n) is 18.3. The van der Waals surface area contributed by atoms with E-state index in [0.717, 1.165) is 11.8 Å². The van der Waals surface area contributed by atoms with Gasteiger partial charge in [-0.2, -0.15) is 0 Å². The number of unbranched alkanes of at least 4 members (excludes halogenated alkanes) is 11. The Labute approximate surface area is 161 Å². The number of rotatable bonds is 19. The molecule has 0 amide bonds. The molecule has 0 spiro atoms. The predicted octanol–water partition coefficient (Wildman–Crippen LogP) is 9.49. The second-order valence-corrected chi connectivity index (χ2v) is 8.31. The summed E-state index contributed by atoms with van der Waals surface area (Å²) in [6.07, 6.45) is 28.8. The summed E-state index contributed by atoms with van der Waals surface area (Å²) in [5.74, 6) is 1.90. The minimum atomic E-state index is 0.921. The zero-order chi connectivity index (χ0) is 18.6. The van der Waals surface area contributed by atoms with Crippen molar-refractivity contribution >= 4 is 0 Å². The van der Waals surface area contributed by atoms with Crippen LogP contribution in [0.25, 0.3) is 0 Å². The van der Waals surface area contributed by atoms with Crippen molar-refractivity contribution in [2.45, 2.75) is 137 Å². The van der Waals surface area contributed by atoms with Crippen molar-refractivity contribution in [3.63, 3.8) is 0 Å². The van der Waals surface area contributed by atoms with Crippen molar-refractivity contribution < 1.29 is 0 Å². The van der Waals surface area contributed by atoms with E-state index in [1.165, 1.54) is 109 Å². The maximum atomic E-state index is 2.48. The van der Waals surface area contributed by atoms with Crippen LogP contribution in [0.15, 0.2) is 12.2 Å². The summed E-state index contributed by atoms with van der Waals surface area (Å²) in [6.45, 7) is 9.45. The lowest BCUT2D eigenvalue weighted by Gasteiger charge is -2.23. The molecule has 0 saturated heterocycles. The molecule has 0 fully saturated rings. The van der Waals surface area contributed by atoms with Gasteiger partial charge in [-0.05, 0) is 37.5 Å². The molecule has 0 bridgehead atoms. The monoisotopic (exact) mass is 350 g/mol. The van der Waals surface area contributed by atoms with Gasteiger partial charge in [0.15, 0.2) is 0 Å². The molecule has 0 rings (SSSR count). The average molecular weight is 351 g/mol. The fourth-order valence-corrected chi connectivity index (χ4v) is 3.83. The molecule has 25 heavy (non-hydrogen) atoms. The molecule has 0 aromatic rings. The van der Waals surface area contributed by atoms with Gasteiger partial charge in [-0.1, -0.05) is 123 Å². The summed E-state index contributed by atoms with van der Waals surface area (Å²) < 4.78 is 0. The summed E-state index contributed by atoms with van der Waals surface area (Å²) in [7, 11) is 0. The Kier molecular flexibility index (Phi) is 19.8. The Morgan fingerprint density at radius 1 is 0.560 bits per heavy atom. The van der Waals surface area contributed by atoms with Gasteiger partial charge in [-0.15, -0.1) is 0 Å². The van der Waals surface area contributed by atoms with Crippen molar-refractivity contribution in [1.29, 1.82) is 0 Å². The zero-order valence-corrected chi connectivity index (χ0v) is 18.3. The van der Waals surface area contributed by atoms with Crippen LogP contribution in [0.2, 0.25) is 0 Å². The van der Waals surface area contributed by atoms with Crippen molar-refractivity contribution in [2.75, 3.05) is 0 Å². The van der Waals surface area contributed by atoms with Gasteiger partial charge in [0.2, 0.25) is 0 Å². The van der Waals surface area contributed by atoms with Gasteiger partial charge in [-0.3, -0.25) is 0 Å². The van der Waals surface area contributed by atoms with Crippen LogP contribution in [0.1, 0.15) is 137 Å². The van der Waals surface area contributed by atoms with Gasteiger partial charge in [-0.25, -0.2) is 0 Å². The van der Waals surface area contributed by atoms with Gasteiger partial charge in [0.05, 0.1) is 0 Å². The first kappa shape index (κ1) is 24.7. The van der Waals surface area contributed by atoms with E-state index in [0.29, 0.717) is 0 Å². The third-order valence-corrected chi connectivity index (χ3v) is 5.96. The first-order chi connectivity index (χ1) is 12.3. The van der Waals surface area contributed by atoms with E-state index in [2.05, 4.69) is 39.8 Å². The second-order valence-electron chi connectivity index (χ2n) is 8.31. The predicted molar refractivity (Wildman–Crippen MR) is 117 cm³/mol. The Hall–Kier alpha value is -0.260.